The Bertz CT molecular complexity index is 574. The number of sulfone groups is 1. The van der Waals surface area contributed by atoms with Gasteiger partial charge in [0.15, 0.2) is 0 Å². The van der Waals surface area contributed by atoms with Crippen molar-refractivity contribution < 1.29 is 12.8 Å². The first-order valence-electron chi connectivity index (χ1n) is 5.28. The van der Waals surface area contributed by atoms with E-state index in [1.54, 1.807) is 0 Å². The summed E-state index contributed by atoms with van der Waals surface area (Å²) in [4.78, 5) is 0.396. The number of fused-ring (bicyclic) bond motifs is 1. The minimum atomic E-state index is -3.46. The molecule has 0 atom stereocenters. The Hall–Kier alpha value is -0.810. The molecule has 0 radical (unpaired) electrons. The van der Waals surface area contributed by atoms with Crippen LogP contribution in [0.4, 0.5) is 4.39 Å². The Morgan fingerprint density at radius 2 is 2.06 bits per heavy atom. The molecule has 1 aliphatic heterocycles. The van der Waals surface area contributed by atoms with Crippen molar-refractivity contribution >= 4 is 27.7 Å². The van der Waals surface area contributed by atoms with Crippen LogP contribution in [0.1, 0.15) is 19.4 Å². The Kier molecular flexibility index (Phi) is 3.32. The minimum absolute atomic E-state index is 0.0943. The van der Waals surface area contributed by atoms with E-state index in [1.807, 2.05) is 13.8 Å². The van der Waals surface area contributed by atoms with Crippen LogP contribution in [0.15, 0.2) is 28.0 Å². The Morgan fingerprint density at radius 3 is 2.65 bits per heavy atom. The molecule has 0 aromatic heterocycles. The molecule has 0 N–H and O–H groups in total. The van der Waals surface area contributed by atoms with Crippen molar-refractivity contribution in [2.45, 2.75) is 24.0 Å². The van der Waals surface area contributed by atoms with Crippen LogP contribution in [0, 0.1) is 5.82 Å². The lowest BCUT2D eigenvalue weighted by molar-refractivity contribution is 0.598. The molecule has 1 heterocycles. The van der Waals surface area contributed by atoms with Gasteiger partial charge in [0, 0.05) is 11.3 Å². The molecule has 0 spiro atoms. The van der Waals surface area contributed by atoms with Crippen molar-refractivity contribution in [1.82, 2.24) is 0 Å². The Morgan fingerprint density at radius 1 is 1.35 bits per heavy atom. The third-order valence-electron chi connectivity index (χ3n) is 2.51. The zero-order chi connectivity index (χ0) is 12.6. The second kappa shape index (κ2) is 4.46. The van der Waals surface area contributed by atoms with Gasteiger partial charge in [0.05, 0.1) is 9.80 Å². The molecule has 2 nitrogen and oxygen atoms in total. The predicted molar refractivity (Wildman–Crippen MR) is 69.2 cm³/mol. The predicted octanol–water partition coefficient (Wildman–Crippen LogP) is 3.10. The molecule has 5 heteroatoms. The highest BCUT2D eigenvalue weighted by molar-refractivity contribution is 8.02. The first-order valence-corrected chi connectivity index (χ1v) is 7.82. The van der Waals surface area contributed by atoms with E-state index >= 15 is 0 Å². The highest BCUT2D eigenvalue weighted by Gasteiger charge is 2.31. The first kappa shape index (κ1) is 12.6. The molecule has 0 aliphatic carbocycles. The van der Waals surface area contributed by atoms with Crippen molar-refractivity contribution in [2.24, 2.45) is 0 Å². The molecule has 1 aromatic rings. The van der Waals surface area contributed by atoms with Gasteiger partial charge in [-0.25, -0.2) is 12.8 Å². The fourth-order valence-corrected chi connectivity index (χ4v) is 4.30. The fourth-order valence-electron chi connectivity index (χ4n) is 1.64. The van der Waals surface area contributed by atoms with E-state index in [4.69, 9.17) is 0 Å². The Balaban J connectivity index is 2.40. The van der Waals surface area contributed by atoms with E-state index in [-0.39, 0.29) is 10.5 Å². The van der Waals surface area contributed by atoms with E-state index in [0.717, 1.165) is 0 Å². The summed E-state index contributed by atoms with van der Waals surface area (Å²) < 4.78 is 37.7. The lowest BCUT2D eigenvalue weighted by Crippen LogP contribution is -2.04. The van der Waals surface area contributed by atoms with Gasteiger partial charge in [-0.05, 0) is 23.5 Å². The number of halogens is 1. The van der Waals surface area contributed by atoms with Gasteiger partial charge in [0.25, 0.3) is 0 Å². The summed E-state index contributed by atoms with van der Waals surface area (Å²) in [5, 5.41) is 0.347. The molecule has 1 aliphatic rings. The highest BCUT2D eigenvalue weighted by atomic mass is 32.2. The quantitative estimate of drug-likeness (QED) is 0.848. The number of benzene rings is 1. The molecule has 0 amide bonds. The number of thioether (sulfide) groups is 1. The second-order valence-corrected chi connectivity index (χ2v) is 7.66. The van der Waals surface area contributed by atoms with Crippen LogP contribution in [-0.4, -0.2) is 19.4 Å². The van der Waals surface area contributed by atoms with Crippen LogP contribution in [-0.2, 0) is 9.84 Å². The van der Waals surface area contributed by atoms with Gasteiger partial charge in [-0.15, -0.1) is 0 Å². The molecule has 0 bridgehead atoms. The van der Waals surface area contributed by atoms with Crippen molar-refractivity contribution in [1.29, 1.82) is 0 Å². The average Bonchev–Trinajstić information content (AvgIpc) is 2.50. The van der Waals surface area contributed by atoms with Crippen LogP contribution in [0.3, 0.4) is 0 Å². The summed E-state index contributed by atoms with van der Waals surface area (Å²) in [6, 6.07) is 4.17. The van der Waals surface area contributed by atoms with Crippen LogP contribution in [0.2, 0.25) is 0 Å². The van der Waals surface area contributed by atoms with Gasteiger partial charge in [-0.3, -0.25) is 0 Å². The Labute approximate surface area is 105 Å². The molecular weight excluding hydrogens is 259 g/mol. The van der Waals surface area contributed by atoms with E-state index in [9.17, 15) is 12.8 Å². The van der Waals surface area contributed by atoms with Crippen LogP contribution >= 0.6 is 11.8 Å². The summed E-state index contributed by atoms with van der Waals surface area (Å²) in [6.45, 7) is 4.00. The van der Waals surface area contributed by atoms with Crippen LogP contribution < -0.4 is 0 Å². The summed E-state index contributed by atoms with van der Waals surface area (Å²) in [5.41, 5.74) is 0.201. The summed E-state index contributed by atoms with van der Waals surface area (Å²) >= 11 is 1.54. The van der Waals surface area contributed by atoms with E-state index in [1.165, 1.54) is 36.0 Å². The smallest absolute Gasteiger partial charge is 0.204 e. The SMILES string of the molecule is CC(C)SCC1=Cc2c(F)cccc2S1(=O)=O. The molecule has 1 aromatic carbocycles. The van der Waals surface area contributed by atoms with Crippen LogP contribution in [0.25, 0.3) is 6.08 Å². The van der Waals surface area contributed by atoms with Gasteiger partial charge in [0.2, 0.25) is 9.84 Å². The molecule has 2 rings (SSSR count). The maximum Gasteiger partial charge on any atom is 0.204 e. The van der Waals surface area contributed by atoms with E-state index in [0.29, 0.717) is 15.9 Å². The highest BCUT2D eigenvalue weighted by Crippen LogP contribution is 2.36. The van der Waals surface area contributed by atoms with Gasteiger partial charge in [-0.2, -0.15) is 11.8 Å². The number of rotatable bonds is 3. The maximum atomic E-state index is 13.5. The third-order valence-corrected chi connectivity index (χ3v) is 5.73. The molecule has 0 saturated heterocycles. The number of hydrogen-bond donors (Lipinski definition) is 0. The van der Waals surface area contributed by atoms with Crippen molar-refractivity contribution in [2.75, 3.05) is 5.75 Å². The number of hydrogen-bond acceptors (Lipinski definition) is 3. The maximum absolute atomic E-state index is 13.5. The topological polar surface area (TPSA) is 34.1 Å². The van der Waals surface area contributed by atoms with Crippen molar-refractivity contribution in [3.8, 4) is 0 Å². The van der Waals surface area contributed by atoms with Gasteiger partial charge >= 0.3 is 0 Å². The van der Waals surface area contributed by atoms with Gasteiger partial charge < -0.3 is 0 Å². The average molecular weight is 272 g/mol. The monoisotopic (exact) mass is 272 g/mol. The molecular formula is C12H13FO2S2. The van der Waals surface area contributed by atoms with Crippen molar-refractivity contribution in [3.63, 3.8) is 0 Å². The normalized spacial score (nSPS) is 17.1. The van der Waals surface area contributed by atoms with E-state index < -0.39 is 15.7 Å². The standard InChI is InChI=1S/C12H13FO2S2/c1-8(2)16-7-9-6-10-11(13)4-3-5-12(10)17(9,14)15/h3-6,8H,7H2,1-2H3. The second-order valence-electron chi connectivity index (χ2n) is 4.13. The zero-order valence-electron chi connectivity index (χ0n) is 9.60. The summed E-state index contributed by atoms with van der Waals surface area (Å²) in [6.07, 6.45) is 1.45. The third kappa shape index (κ3) is 2.26. The van der Waals surface area contributed by atoms with E-state index in [2.05, 4.69) is 0 Å². The largest absolute Gasteiger partial charge is 0.219 e. The molecule has 0 saturated carbocycles. The molecule has 92 valence electrons. The van der Waals surface area contributed by atoms with Crippen molar-refractivity contribution in [3.05, 3.63) is 34.5 Å². The first-order chi connectivity index (χ1) is 7.93. The summed E-state index contributed by atoms with van der Waals surface area (Å²) in [5.74, 6) is -0.0793. The summed E-state index contributed by atoms with van der Waals surface area (Å²) in [7, 11) is -3.46. The fraction of sp³-hybridized carbons (Fsp3) is 0.333. The van der Waals surface area contributed by atoms with Gasteiger partial charge in [-0.1, -0.05) is 19.9 Å². The van der Waals surface area contributed by atoms with Crippen LogP contribution in [0.5, 0.6) is 0 Å². The molecule has 0 fully saturated rings. The lowest BCUT2D eigenvalue weighted by atomic mass is 10.2. The molecule has 0 unspecified atom stereocenters. The van der Waals surface area contributed by atoms with Gasteiger partial charge in [0.1, 0.15) is 5.82 Å². The lowest BCUT2D eigenvalue weighted by Gasteiger charge is -2.05. The minimum Gasteiger partial charge on any atom is -0.219 e. The zero-order valence-corrected chi connectivity index (χ0v) is 11.2. The molecule has 17 heavy (non-hydrogen) atoms.